The third-order valence-electron chi connectivity index (χ3n) is 3.35. The van der Waals surface area contributed by atoms with E-state index in [0.717, 1.165) is 5.56 Å². The van der Waals surface area contributed by atoms with Gasteiger partial charge in [0, 0.05) is 6.54 Å². The number of rotatable bonds is 5. The first kappa shape index (κ1) is 16.2. The van der Waals surface area contributed by atoms with Crippen LogP contribution in [-0.4, -0.2) is 26.4 Å². The van der Waals surface area contributed by atoms with Crippen molar-refractivity contribution >= 4 is 11.5 Å². The summed E-state index contributed by atoms with van der Waals surface area (Å²) >= 11 is 0. The Balaban J connectivity index is 1.63. The first-order valence-corrected chi connectivity index (χ1v) is 7.21. The highest BCUT2D eigenvalue weighted by atomic mass is 19.4. The third-order valence-corrected chi connectivity index (χ3v) is 3.35. The van der Waals surface area contributed by atoms with Crippen molar-refractivity contribution in [3.8, 4) is 0 Å². The maximum Gasteiger partial charge on any atom is 0.453 e. The minimum atomic E-state index is -4.62. The second kappa shape index (κ2) is 6.42. The molecule has 2 aromatic heterocycles. The minimum absolute atomic E-state index is 0.0210. The van der Waals surface area contributed by atoms with Gasteiger partial charge in [0.2, 0.25) is 0 Å². The van der Waals surface area contributed by atoms with Crippen LogP contribution in [-0.2, 0) is 12.6 Å². The summed E-state index contributed by atoms with van der Waals surface area (Å²) in [5.41, 5.74) is 0.881. The molecule has 0 saturated carbocycles. The Morgan fingerprint density at radius 2 is 1.92 bits per heavy atom. The molecule has 0 atom stereocenters. The Labute approximate surface area is 134 Å². The van der Waals surface area contributed by atoms with Gasteiger partial charge in [0.1, 0.15) is 11.6 Å². The number of halogens is 4. The maximum atomic E-state index is 13.1. The molecule has 0 spiro atoms. The van der Waals surface area contributed by atoms with Gasteiger partial charge in [-0.25, -0.2) is 4.39 Å². The second-order valence-electron chi connectivity index (χ2n) is 5.17. The highest BCUT2D eigenvalue weighted by Gasteiger charge is 2.37. The lowest BCUT2D eigenvalue weighted by Crippen LogP contribution is -2.14. The summed E-state index contributed by atoms with van der Waals surface area (Å²) in [6, 6.07) is 9.23. The van der Waals surface area contributed by atoms with Crippen LogP contribution in [0.15, 0.2) is 36.4 Å². The fourth-order valence-corrected chi connectivity index (χ4v) is 2.26. The zero-order valence-corrected chi connectivity index (χ0v) is 12.4. The molecular formula is C15H13F4N5. The number of nitrogens with one attached hydrogen (secondary N) is 1. The van der Waals surface area contributed by atoms with Crippen LogP contribution >= 0.6 is 0 Å². The standard InChI is InChI=1S/C15H13F4N5/c16-11-5-1-3-10(9-11)4-2-8-20-12-6-7-13-21-22-14(15(17,18)19)24(13)23-12/h1,3,5-7,9H,2,4,8H2,(H,20,23). The molecule has 0 amide bonds. The molecular weight excluding hydrogens is 326 g/mol. The molecule has 0 unspecified atom stereocenters. The van der Waals surface area contributed by atoms with E-state index in [9.17, 15) is 17.6 Å². The first-order valence-electron chi connectivity index (χ1n) is 7.21. The molecule has 0 aliphatic heterocycles. The number of alkyl halides is 3. The number of hydrogen-bond donors (Lipinski definition) is 1. The molecule has 3 aromatic rings. The summed E-state index contributed by atoms with van der Waals surface area (Å²) in [4.78, 5) is 0. The average molecular weight is 339 g/mol. The van der Waals surface area contributed by atoms with Crippen LogP contribution in [0.1, 0.15) is 17.8 Å². The number of fused-ring (bicyclic) bond motifs is 1. The number of aryl methyl sites for hydroxylation is 1. The van der Waals surface area contributed by atoms with E-state index in [1.165, 1.54) is 24.3 Å². The molecule has 126 valence electrons. The van der Waals surface area contributed by atoms with Crippen molar-refractivity contribution in [2.45, 2.75) is 19.0 Å². The molecule has 0 fully saturated rings. The van der Waals surface area contributed by atoms with Crippen molar-refractivity contribution in [2.24, 2.45) is 0 Å². The summed E-state index contributed by atoms with van der Waals surface area (Å²) in [6.45, 7) is 0.485. The lowest BCUT2D eigenvalue weighted by molar-refractivity contribution is -0.146. The van der Waals surface area contributed by atoms with Crippen molar-refractivity contribution in [1.29, 1.82) is 0 Å². The summed E-state index contributed by atoms with van der Waals surface area (Å²) in [6.07, 6.45) is -3.30. The smallest absolute Gasteiger partial charge is 0.369 e. The predicted octanol–water partition coefficient (Wildman–Crippen LogP) is 3.33. The highest BCUT2D eigenvalue weighted by molar-refractivity contribution is 5.44. The Morgan fingerprint density at radius 1 is 1.08 bits per heavy atom. The van der Waals surface area contributed by atoms with Gasteiger partial charge in [0.05, 0.1) is 0 Å². The van der Waals surface area contributed by atoms with Crippen LogP contribution in [0.25, 0.3) is 5.65 Å². The predicted molar refractivity (Wildman–Crippen MR) is 79.0 cm³/mol. The number of benzene rings is 1. The third kappa shape index (κ3) is 3.61. The van der Waals surface area contributed by atoms with Crippen LogP contribution in [0.5, 0.6) is 0 Å². The molecule has 24 heavy (non-hydrogen) atoms. The lowest BCUT2D eigenvalue weighted by Gasteiger charge is -2.07. The Kier molecular flexibility index (Phi) is 4.32. The van der Waals surface area contributed by atoms with E-state index >= 15 is 0 Å². The molecule has 0 aliphatic rings. The number of hydrogen-bond acceptors (Lipinski definition) is 4. The highest BCUT2D eigenvalue weighted by Crippen LogP contribution is 2.27. The molecule has 5 nitrogen and oxygen atoms in total. The van der Waals surface area contributed by atoms with Gasteiger partial charge < -0.3 is 5.32 Å². The van der Waals surface area contributed by atoms with Crippen molar-refractivity contribution in [2.75, 3.05) is 11.9 Å². The van der Waals surface area contributed by atoms with Crippen LogP contribution < -0.4 is 5.32 Å². The van der Waals surface area contributed by atoms with E-state index in [4.69, 9.17) is 0 Å². The fraction of sp³-hybridized carbons (Fsp3) is 0.267. The van der Waals surface area contributed by atoms with E-state index in [1.54, 1.807) is 6.07 Å². The van der Waals surface area contributed by atoms with Gasteiger partial charge in [0.25, 0.3) is 5.82 Å². The Hall–Kier alpha value is -2.71. The van der Waals surface area contributed by atoms with Gasteiger partial charge in [-0.3, -0.25) is 0 Å². The minimum Gasteiger partial charge on any atom is -0.369 e. The van der Waals surface area contributed by atoms with E-state index < -0.39 is 12.0 Å². The van der Waals surface area contributed by atoms with E-state index in [0.29, 0.717) is 23.9 Å². The monoisotopic (exact) mass is 339 g/mol. The average Bonchev–Trinajstić information content (AvgIpc) is 2.95. The lowest BCUT2D eigenvalue weighted by atomic mass is 10.1. The van der Waals surface area contributed by atoms with Crippen LogP contribution in [0.2, 0.25) is 0 Å². The molecule has 0 aliphatic carbocycles. The van der Waals surface area contributed by atoms with Gasteiger partial charge in [-0.15, -0.1) is 15.3 Å². The van der Waals surface area contributed by atoms with E-state index in [1.807, 2.05) is 6.07 Å². The van der Waals surface area contributed by atoms with Crippen molar-refractivity contribution in [3.05, 3.63) is 53.6 Å². The molecule has 0 saturated heterocycles. The Bertz CT molecular complexity index is 843. The van der Waals surface area contributed by atoms with Crippen LogP contribution in [0.4, 0.5) is 23.4 Å². The number of nitrogens with zero attached hydrogens (tertiary/aromatic N) is 4. The number of aromatic nitrogens is 4. The molecule has 1 N–H and O–H groups in total. The fourth-order valence-electron chi connectivity index (χ4n) is 2.26. The van der Waals surface area contributed by atoms with E-state index in [-0.39, 0.29) is 17.3 Å². The topological polar surface area (TPSA) is 55.1 Å². The van der Waals surface area contributed by atoms with Crippen LogP contribution in [0.3, 0.4) is 0 Å². The maximum absolute atomic E-state index is 13.1. The SMILES string of the molecule is Fc1cccc(CCCNc2ccc3nnc(C(F)(F)F)n3n2)c1. The molecule has 1 aromatic carbocycles. The summed E-state index contributed by atoms with van der Waals surface area (Å²) in [5.74, 6) is -1.17. The van der Waals surface area contributed by atoms with Crippen molar-refractivity contribution < 1.29 is 17.6 Å². The second-order valence-corrected chi connectivity index (χ2v) is 5.17. The van der Waals surface area contributed by atoms with Crippen LogP contribution in [0, 0.1) is 5.82 Å². The molecule has 3 rings (SSSR count). The zero-order valence-electron chi connectivity index (χ0n) is 12.4. The van der Waals surface area contributed by atoms with Gasteiger partial charge >= 0.3 is 6.18 Å². The Morgan fingerprint density at radius 3 is 2.67 bits per heavy atom. The van der Waals surface area contributed by atoms with Gasteiger partial charge in [-0.2, -0.15) is 17.7 Å². The zero-order chi connectivity index (χ0) is 17.2. The molecule has 0 bridgehead atoms. The van der Waals surface area contributed by atoms with Gasteiger partial charge in [0.15, 0.2) is 5.65 Å². The normalized spacial score (nSPS) is 11.8. The van der Waals surface area contributed by atoms with Crippen molar-refractivity contribution in [1.82, 2.24) is 19.8 Å². The summed E-state index contributed by atoms with van der Waals surface area (Å²) in [7, 11) is 0. The summed E-state index contributed by atoms with van der Waals surface area (Å²) in [5, 5.41) is 13.4. The van der Waals surface area contributed by atoms with Gasteiger partial charge in [-0.05, 0) is 42.7 Å². The largest absolute Gasteiger partial charge is 0.453 e. The quantitative estimate of drug-likeness (QED) is 0.572. The van der Waals surface area contributed by atoms with Gasteiger partial charge in [-0.1, -0.05) is 12.1 Å². The number of anilines is 1. The van der Waals surface area contributed by atoms with E-state index in [2.05, 4.69) is 20.6 Å². The summed E-state index contributed by atoms with van der Waals surface area (Å²) < 4.78 is 52.1. The first-order chi connectivity index (χ1) is 11.4. The molecule has 9 heteroatoms. The molecule has 0 radical (unpaired) electrons. The molecule has 2 heterocycles. The van der Waals surface area contributed by atoms with Crippen molar-refractivity contribution in [3.63, 3.8) is 0 Å².